The number of aliphatic hydroxyl groups excluding tert-OH is 1. The second-order valence-electron chi connectivity index (χ2n) is 19.3. The quantitative estimate of drug-likeness (QED) is 0.121. The highest BCUT2D eigenvalue weighted by Gasteiger charge is 2.78. The maximum absolute atomic E-state index is 13.7. The van der Waals surface area contributed by atoms with Gasteiger partial charge in [-0.25, -0.2) is 0 Å². The molecule has 0 amide bonds. The van der Waals surface area contributed by atoms with E-state index in [2.05, 4.69) is 67.7 Å². The minimum atomic E-state index is -2.33. The van der Waals surface area contributed by atoms with Gasteiger partial charge in [-0.15, -0.1) is 0 Å². The first-order valence-corrected chi connectivity index (χ1v) is 26.7. The highest BCUT2D eigenvalue weighted by molar-refractivity contribution is 6.74. The lowest BCUT2D eigenvalue weighted by Gasteiger charge is -2.45. The Hall–Kier alpha value is -3.52. The third-order valence-electron chi connectivity index (χ3n) is 13.7. The fraction of sp³-hybridized carbons (Fsp3) is 0.587. The van der Waals surface area contributed by atoms with E-state index in [0.29, 0.717) is 23.5 Å². The molecule has 3 aliphatic rings. The Balaban J connectivity index is 1.42. The standard InChI is InChI=1S/C46H66O13Si2/c1-43(2,3)60(11,12)55-27-35(59-61(13,14)44(4,5)6)34-26-54-41(53-10)42(57-34)56-31-24-32(51-8)38-33(25-31)58-46(29-20-22-30(50-7)23-21-29)37(28-18-16-15-17-19-28)36(40(48)52-9)39(47)45(38,46)49/h15-25,34-37,39,41-42,47,49H,26-27H2,1-14H3/t34-,35+,36+,37+,39+,41-,42-,45-,46-/m1/s1. The van der Waals surface area contributed by atoms with E-state index in [0.717, 1.165) is 0 Å². The summed E-state index contributed by atoms with van der Waals surface area (Å²) in [5.74, 6) is -1.78. The Morgan fingerprint density at radius 2 is 1.49 bits per heavy atom. The van der Waals surface area contributed by atoms with Crippen molar-refractivity contribution in [3.8, 4) is 23.0 Å². The molecule has 13 nitrogen and oxygen atoms in total. The Bertz CT molecular complexity index is 2000. The van der Waals surface area contributed by atoms with Gasteiger partial charge in [0.05, 0.1) is 52.1 Å². The summed E-state index contributed by atoms with van der Waals surface area (Å²) in [5.41, 5.74) is -2.76. The molecule has 0 radical (unpaired) electrons. The van der Waals surface area contributed by atoms with Crippen LogP contribution in [0.5, 0.6) is 23.0 Å². The Labute approximate surface area is 363 Å². The molecule has 2 N–H and O–H groups in total. The fourth-order valence-corrected chi connectivity index (χ4v) is 10.6. The van der Waals surface area contributed by atoms with Crippen molar-refractivity contribution in [2.24, 2.45) is 5.92 Å². The van der Waals surface area contributed by atoms with Crippen molar-refractivity contribution < 1.29 is 61.8 Å². The number of fused-ring (bicyclic) bond motifs is 3. The van der Waals surface area contributed by atoms with Crippen molar-refractivity contribution in [3.05, 3.63) is 83.4 Å². The van der Waals surface area contributed by atoms with Crippen molar-refractivity contribution in [3.63, 3.8) is 0 Å². The summed E-state index contributed by atoms with van der Waals surface area (Å²) in [6, 6.07) is 19.4. The summed E-state index contributed by atoms with van der Waals surface area (Å²) >= 11 is 0. The molecule has 3 aromatic rings. The monoisotopic (exact) mass is 882 g/mol. The van der Waals surface area contributed by atoms with E-state index in [9.17, 15) is 15.0 Å². The number of benzene rings is 3. The van der Waals surface area contributed by atoms with Crippen LogP contribution in [0.4, 0.5) is 0 Å². The van der Waals surface area contributed by atoms with Crippen LogP contribution in [0.25, 0.3) is 0 Å². The van der Waals surface area contributed by atoms with E-state index >= 15 is 0 Å². The smallest absolute Gasteiger partial charge is 0.312 e. The van der Waals surface area contributed by atoms with E-state index in [1.807, 2.05) is 30.3 Å². The molecule has 0 aromatic heterocycles. The third-order valence-corrected chi connectivity index (χ3v) is 22.7. The summed E-state index contributed by atoms with van der Waals surface area (Å²) < 4.78 is 62.9. The van der Waals surface area contributed by atoms with Crippen LogP contribution in [-0.2, 0) is 43.8 Å². The highest BCUT2D eigenvalue weighted by atomic mass is 28.4. The van der Waals surface area contributed by atoms with Crippen molar-refractivity contribution in [1.82, 2.24) is 0 Å². The van der Waals surface area contributed by atoms with E-state index in [-0.39, 0.29) is 39.5 Å². The zero-order chi connectivity index (χ0) is 44.9. The summed E-state index contributed by atoms with van der Waals surface area (Å²) in [7, 11) is 1.26. The van der Waals surface area contributed by atoms with Gasteiger partial charge in [0.15, 0.2) is 27.8 Å². The van der Waals surface area contributed by atoms with E-state index < -0.39 is 76.5 Å². The lowest BCUT2D eigenvalue weighted by Crippen LogP contribution is -2.57. The van der Waals surface area contributed by atoms with Crippen LogP contribution >= 0.6 is 0 Å². The molecule has 0 unspecified atom stereocenters. The molecule has 9 atom stereocenters. The van der Waals surface area contributed by atoms with Crippen molar-refractivity contribution in [2.45, 2.75) is 126 Å². The molecule has 2 fully saturated rings. The molecule has 0 bridgehead atoms. The average molecular weight is 883 g/mol. The Kier molecular flexibility index (Phi) is 13.3. The molecule has 3 aromatic carbocycles. The van der Waals surface area contributed by atoms with Gasteiger partial charge >= 0.3 is 5.97 Å². The molecule has 2 aliphatic heterocycles. The van der Waals surface area contributed by atoms with Gasteiger partial charge in [-0.3, -0.25) is 4.79 Å². The number of hydrogen-bond acceptors (Lipinski definition) is 13. The normalized spacial score (nSPS) is 28.3. The summed E-state index contributed by atoms with van der Waals surface area (Å²) in [6.07, 6.45) is -4.79. The van der Waals surface area contributed by atoms with E-state index in [4.69, 9.17) is 46.7 Å². The lowest BCUT2D eigenvalue weighted by atomic mass is 9.70. The van der Waals surface area contributed by atoms with Gasteiger partial charge in [0.1, 0.15) is 35.2 Å². The molecular formula is C46H66O13Si2. The fourth-order valence-electron chi connectivity index (χ4n) is 8.27. The predicted octanol–water partition coefficient (Wildman–Crippen LogP) is 7.63. The lowest BCUT2D eigenvalue weighted by molar-refractivity contribution is -0.323. The number of esters is 1. The zero-order valence-corrected chi connectivity index (χ0v) is 40.2. The van der Waals surface area contributed by atoms with Gasteiger partial charge in [-0.1, -0.05) is 84.0 Å². The van der Waals surface area contributed by atoms with Crippen LogP contribution < -0.4 is 18.9 Å². The first-order chi connectivity index (χ1) is 28.5. The SMILES string of the molecule is COC(=O)[C@@H]1[C@H](O)[C@]2(O)c3c(OC)cc(O[C@@H]4O[C@@H]([C@H](CO[Si](C)(C)C(C)(C)C)O[Si](C)(C)C(C)(C)C)CO[C@H]4OC)cc3O[C@]2(c2ccc(OC)cc2)[C@H]1c1ccccc1. The number of hydrogen-bond donors (Lipinski definition) is 2. The molecular weight excluding hydrogens is 817 g/mol. The molecule has 2 heterocycles. The second-order valence-corrected chi connectivity index (χ2v) is 28.9. The van der Waals surface area contributed by atoms with Crippen LogP contribution in [0.2, 0.25) is 36.3 Å². The van der Waals surface area contributed by atoms with Crippen molar-refractivity contribution in [1.29, 1.82) is 0 Å². The molecule has 1 saturated heterocycles. The predicted molar refractivity (Wildman–Crippen MR) is 234 cm³/mol. The van der Waals surface area contributed by atoms with Crippen molar-refractivity contribution in [2.75, 3.05) is 41.7 Å². The Morgan fingerprint density at radius 3 is 2.05 bits per heavy atom. The maximum atomic E-state index is 13.7. The second kappa shape index (κ2) is 17.2. The van der Waals surface area contributed by atoms with Crippen LogP contribution in [-0.4, -0.2) is 105 Å². The van der Waals surface area contributed by atoms with Gasteiger partial charge in [0.25, 0.3) is 6.29 Å². The number of aliphatic hydroxyl groups is 2. The topological polar surface area (TPSA) is 150 Å². The molecule has 1 saturated carbocycles. The van der Waals surface area contributed by atoms with Gasteiger partial charge < -0.3 is 57.0 Å². The molecule has 6 rings (SSSR count). The van der Waals surface area contributed by atoms with Crippen LogP contribution in [0, 0.1) is 5.92 Å². The van der Waals surface area contributed by atoms with Gasteiger partial charge in [-0.2, -0.15) is 0 Å². The number of ether oxygens (including phenoxy) is 8. The van der Waals surface area contributed by atoms with Gasteiger partial charge in [0, 0.05) is 25.2 Å². The van der Waals surface area contributed by atoms with Crippen LogP contribution in [0.15, 0.2) is 66.7 Å². The zero-order valence-electron chi connectivity index (χ0n) is 38.2. The average Bonchev–Trinajstić information content (AvgIpc) is 3.59. The number of carbonyl (C=O) groups excluding carboxylic acids is 1. The molecule has 0 spiro atoms. The van der Waals surface area contributed by atoms with E-state index in [1.54, 1.807) is 43.5 Å². The minimum Gasteiger partial charge on any atom is -0.497 e. The number of rotatable bonds is 14. The van der Waals surface area contributed by atoms with Gasteiger partial charge in [0.2, 0.25) is 6.29 Å². The molecule has 1 aliphatic carbocycles. The molecule has 15 heteroatoms. The van der Waals surface area contributed by atoms with Crippen molar-refractivity contribution >= 4 is 22.6 Å². The molecule has 336 valence electrons. The summed E-state index contributed by atoms with van der Waals surface area (Å²) in [6.45, 7) is 22.5. The number of carbonyl (C=O) groups is 1. The minimum absolute atomic E-state index is 0.0189. The highest BCUT2D eigenvalue weighted by Crippen LogP contribution is 2.70. The van der Waals surface area contributed by atoms with Gasteiger partial charge in [-0.05, 0) is 59.5 Å². The Morgan fingerprint density at radius 1 is 0.852 bits per heavy atom. The maximum Gasteiger partial charge on any atom is 0.312 e. The van der Waals surface area contributed by atoms with Crippen LogP contribution in [0.1, 0.15) is 64.2 Å². The number of methoxy groups -OCH3 is 4. The first kappa shape index (κ1) is 47.0. The summed E-state index contributed by atoms with van der Waals surface area (Å²) in [4.78, 5) is 13.7. The van der Waals surface area contributed by atoms with E-state index in [1.165, 1.54) is 21.3 Å². The third kappa shape index (κ3) is 8.26. The molecule has 61 heavy (non-hydrogen) atoms. The summed E-state index contributed by atoms with van der Waals surface area (Å²) in [5, 5.41) is 25.6. The first-order valence-electron chi connectivity index (χ1n) is 20.9. The largest absolute Gasteiger partial charge is 0.497 e. The van der Waals surface area contributed by atoms with Crippen LogP contribution in [0.3, 0.4) is 0 Å².